The summed E-state index contributed by atoms with van der Waals surface area (Å²) < 4.78 is 0. The molecule has 0 saturated carbocycles. The number of rotatable bonds is 0. The van der Waals surface area contributed by atoms with Crippen LogP contribution in [-0.2, 0) is 0 Å². The third-order valence-corrected chi connectivity index (χ3v) is 0. The summed E-state index contributed by atoms with van der Waals surface area (Å²) in [5.41, 5.74) is 0. The van der Waals surface area contributed by atoms with E-state index in [2.05, 4.69) is 41.5 Å². The molecule has 0 bridgehead atoms. The van der Waals surface area contributed by atoms with Crippen molar-refractivity contribution in [3.63, 3.8) is 0 Å². The van der Waals surface area contributed by atoms with Crippen molar-refractivity contribution in [2.24, 2.45) is 0 Å². The molecule has 0 heterocycles. The molecular formula is C9H27P. The van der Waals surface area contributed by atoms with E-state index in [0.717, 1.165) is 0 Å². The van der Waals surface area contributed by atoms with Crippen molar-refractivity contribution in [3.05, 3.63) is 0 Å². The van der Waals surface area contributed by atoms with Crippen LogP contribution >= 0.6 is 9.90 Å². The Kier molecular flexibility index (Phi) is 128. The van der Waals surface area contributed by atoms with Crippen molar-refractivity contribution in [3.8, 4) is 0 Å². The Balaban J connectivity index is -0.0000000257. The van der Waals surface area contributed by atoms with Gasteiger partial charge in [-0.3, -0.25) is 0 Å². The summed E-state index contributed by atoms with van der Waals surface area (Å²) in [5.74, 6) is 0. The van der Waals surface area contributed by atoms with Crippen LogP contribution in [0.4, 0.5) is 0 Å². The number of hydrogen-bond donors (Lipinski definition) is 0. The van der Waals surface area contributed by atoms with E-state index < -0.39 is 0 Å². The average molecular weight is 166 g/mol. The first-order valence-electron chi connectivity index (χ1n) is 4.24. The van der Waals surface area contributed by atoms with Crippen molar-refractivity contribution >= 4 is 9.90 Å². The fourth-order valence-electron chi connectivity index (χ4n) is 0. The van der Waals surface area contributed by atoms with E-state index in [-0.39, 0.29) is 9.90 Å². The second-order valence-corrected chi connectivity index (χ2v) is 2.12. The molecule has 1 unspecified atom stereocenters. The van der Waals surface area contributed by atoms with Gasteiger partial charge in [0, 0.05) is 0 Å². The van der Waals surface area contributed by atoms with Gasteiger partial charge in [0.15, 0.2) is 0 Å². The van der Waals surface area contributed by atoms with E-state index in [1.807, 2.05) is 0 Å². The van der Waals surface area contributed by atoms with Crippen LogP contribution in [0.25, 0.3) is 0 Å². The van der Waals surface area contributed by atoms with Crippen LogP contribution in [0.3, 0.4) is 0 Å². The van der Waals surface area contributed by atoms with E-state index in [1.54, 1.807) is 0 Å². The Bertz CT molecular complexity index is 9.44. The average Bonchev–Trinajstić information content (AvgIpc) is 1.70. The molecule has 0 aromatic rings. The van der Waals surface area contributed by atoms with Gasteiger partial charge in [0.2, 0.25) is 0 Å². The predicted molar refractivity (Wildman–Crippen MR) is 59.0 cm³/mol. The van der Waals surface area contributed by atoms with E-state index >= 15 is 0 Å². The quantitative estimate of drug-likeness (QED) is 0.470. The maximum absolute atomic E-state index is 2.12. The molecule has 0 rings (SSSR count). The lowest BCUT2D eigenvalue weighted by Crippen LogP contribution is -1.27. The minimum absolute atomic E-state index is 0. The Labute approximate surface area is 71.4 Å². The van der Waals surface area contributed by atoms with E-state index in [9.17, 15) is 0 Å². The summed E-state index contributed by atoms with van der Waals surface area (Å²) in [5, 5.41) is 0. The highest BCUT2D eigenvalue weighted by Crippen LogP contribution is 1.56. The lowest BCUT2D eigenvalue weighted by molar-refractivity contribution is 1.09. The zero-order valence-corrected chi connectivity index (χ0v) is 10.2. The van der Waals surface area contributed by atoms with Crippen molar-refractivity contribution < 1.29 is 0 Å². The molecule has 1 heteroatoms. The molecule has 0 amide bonds. The fourth-order valence-corrected chi connectivity index (χ4v) is 0. The second-order valence-electron chi connectivity index (χ2n) is 2.12. The predicted octanol–water partition coefficient (Wildman–Crippen LogP) is 4.31. The topological polar surface area (TPSA) is 0 Å². The molecule has 0 nitrogen and oxygen atoms in total. The molecule has 0 aliphatic carbocycles. The van der Waals surface area contributed by atoms with Crippen LogP contribution in [0.2, 0.25) is 0 Å². The van der Waals surface area contributed by atoms with Crippen molar-refractivity contribution in [2.45, 2.75) is 60.8 Å². The van der Waals surface area contributed by atoms with Gasteiger partial charge in [-0.2, -0.15) is 9.90 Å². The van der Waals surface area contributed by atoms with E-state index in [1.165, 1.54) is 19.3 Å². The molecule has 0 radical (unpaired) electrons. The second kappa shape index (κ2) is 57.0. The summed E-state index contributed by atoms with van der Waals surface area (Å²) in [6.07, 6.45) is 3.75. The summed E-state index contributed by atoms with van der Waals surface area (Å²) in [4.78, 5) is 0. The summed E-state index contributed by atoms with van der Waals surface area (Å²) in [7, 11) is 0. The third-order valence-electron chi connectivity index (χ3n) is 0. The zero-order chi connectivity index (χ0) is 8.12. The first-order chi connectivity index (χ1) is 4.24. The molecule has 68 valence electrons. The van der Waals surface area contributed by atoms with Gasteiger partial charge in [-0.05, 0) is 0 Å². The molecule has 0 aromatic heterocycles. The molecule has 0 saturated heterocycles. The van der Waals surface area contributed by atoms with E-state index in [0.29, 0.717) is 0 Å². The van der Waals surface area contributed by atoms with Crippen molar-refractivity contribution in [1.82, 2.24) is 0 Å². The van der Waals surface area contributed by atoms with Crippen molar-refractivity contribution in [1.29, 1.82) is 0 Å². The molecule has 0 aliphatic heterocycles. The lowest BCUT2D eigenvalue weighted by atomic mass is 10.6. The Hall–Kier alpha value is 0.430. The highest BCUT2D eigenvalue weighted by molar-refractivity contribution is 6.92. The molecule has 0 aliphatic rings. The van der Waals surface area contributed by atoms with Crippen LogP contribution in [0, 0.1) is 0 Å². The van der Waals surface area contributed by atoms with Crippen molar-refractivity contribution in [2.75, 3.05) is 0 Å². The summed E-state index contributed by atoms with van der Waals surface area (Å²) in [6, 6.07) is 0. The van der Waals surface area contributed by atoms with Gasteiger partial charge in [0.05, 0.1) is 0 Å². The normalized spacial score (nSPS) is 5.40. The number of hydrogen-bond acceptors (Lipinski definition) is 0. The van der Waals surface area contributed by atoms with Gasteiger partial charge in [-0.15, -0.1) is 0 Å². The molecular weight excluding hydrogens is 139 g/mol. The Morgan fingerprint density at radius 3 is 0.500 bits per heavy atom. The highest BCUT2D eigenvalue weighted by atomic mass is 31.0. The van der Waals surface area contributed by atoms with Gasteiger partial charge in [-0.1, -0.05) is 60.8 Å². The Morgan fingerprint density at radius 2 is 0.500 bits per heavy atom. The highest BCUT2D eigenvalue weighted by Gasteiger charge is 1.36. The van der Waals surface area contributed by atoms with Crippen LogP contribution < -0.4 is 0 Å². The summed E-state index contributed by atoms with van der Waals surface area (Å²) in [6.45, 7) is 12.8. The summed E-state index contributed by atoms with van der Waals surface area (Å²) >= 11 is 0. The zero-order valence-electron chi connectivity index (χ0n) is 8.83. The van der Waals surface area contributed by atoms with Gasteiger partial charge < -0.3 is 0 Å². The van der Waals surface area contributed by atoms with Crippen LogP contribution in [-0.4, -0.2) is 0 Å². The van der Waals surface area contributed by atoms with E-state index in [4.69, 9.17) is 0 Å². The Morgan fingerprint density at radius 1 is 0.500 bits per heavy atom. The van der Waals surface area contributed by atoms with Crippen LogP contribution in [0.5, 0.6) is 0 Å². The molecule has 0 N–H and O–H groups in total. The monoisotopic (exact) mass is 166 g/mol. The van der Waals surface area contributed by atoms with Gasteiger partial charge in [0.25, 0.3) is 0 Å². The first-order valence-corrected chi connectivity index (χ1v) is 4.24. The van der Waals surface area contributed by atoms with Gasteiger partial charge in [0.1, 0.15) is 0 Å². The molecule has 0 fully saturated rings. The molecule has 0 spiro atoms. The smallest absolute Gasteiger partial charge is 0.0590 e. The maximum atomic E-state index is 2.12. The standard InChI is InChI=1S/3C3H8.H3P/c3*1-3-2;/h3*3H2,1-2H3;1H3. The maximum Gasteiger partial charge on any atom is -0.0590 e. The minimum atomic E-state index is 0. The van der Waals surface area contributed by atoms with Crippen LogP contribution in [0.15, 0.2) is 0 Å². The lowest BCUT2D eigenvalue weighted by Gasteiger charge is -1.48. The molecule has 0 aromatic carbocycles. The van der Waals surface area contributed by atoms with Gasteiger partial charge >= 0.3 is 0 Å². The SMILES string of the molecule is CCC.CCC.CCC.P. The van der Waals surface area contributed by atoms with Crippen LogP contribution in [0.1, 0.15) is 60.8 Å². The molecule has 1 atom stereocenters. The van der Waals surface area contributed by atoms with Gasteiger partial charge in [-0.25, -0.2) is 0 Å². The fraction of sp³-hybridized carbons (Fsp3) is 1.00. The first kappa shape index (κ1) is 22.4. The minimum Gasteiger partial charge on any atom is -0.153 e. The third kappa shape index (κ3) is 2520. The molecule has 10 heavy (non-hydrogen) atoms. The largest absolute Gasteiger partial charge is 0.153 e.